The van der Waals surface area contributed by atoms with Crippen LogP contribution in [0.3, 0.4) is 0 Å². The van der Waals surface area contributed by atoms with E-state index in [4.69, 9.17) is 20.8 Å². The van der Waals surface area contributed by atoms with Crippen LogP contribution in [0, 0.1) is 0 Å². The molecule has 7 heteroatoms. The van der Waals surface area contributed by atoms with Gasteiger partial charge >= 0.3 is 6.09 Å². The van der Waals surface area contributed by atoms with E-state index < -0.39 is 6.09 Å². The summed E-state index contributed by atoms with van der Waals surface area (Å²) in [6.07, 6.45) is 6.92. The maximum Gasteiger partial charge on any atom is 0.430 e. The lowest BCUT2D eigenvalue weighted by Gasteiger charge is -2.26. The van der Waals surface area contributed by atoms with Gasteiger partial charge in [0.15, 0.2) is 0 Å². The molecule has 2 aromatic rings. The van der Waals surface area contributed by atoms with Crippen molar-refractivity contribution in [3.63, 3.8) is 0 Å². The van der Waals surface area contributed by atoms with E-state index in [0.717, 1.165) is 30.7 Å². The number of cyclic esters (lactones) is 1. The maximum absolute atomic E-state index is 12.1. The van der Waals surface area contributed by atoms with Gasteiger partial charge in [-0.25, -0.2) is 4.79 Å². The third-order valence-corrected chi connectivity index (χ3v) is 5.64. The fraction of sp³-hybridized carbons (Fsp3) is 0.455. The van der Waals surface area contributed by atoms with Crippen LogP contribution in [0.25, 0.3) is 11.3 Å². The first-order valence-corrected chi connectivity index (χ1v) is 10.7. The summed E-state index contributed by atoms with van der Waals surface area (Å²) in [5.41, 5.74) is 0.934. The van der Waals surface area contributed by atoms with Gasteiger partial charge in [-0.15, -0.1) is 0 Å². The minimum atomic E-state index is -0.395. The van der Waals surface area contributed by atoms with Crippen molar-refractivity contribution in [2.75, 3.05) is 26.2 Å². The molecular formula is C22H26ClN3O3. The highest BCUT2D eigenvalue weighted by molar-refractivity contribution is 6.30. The van der Waals surface area contributed by atoms with Crippen LogP contribution in [-0.4, -0.2) is 54.5 Å². The van der Waals surface area contributed by atoms with Gasteiger partial charge in [0.25, 0.3) is 0 Å². The summed E-state index contributed by atoms with van der Waals surface area (Å²) in [6, 6.07) is 11.1. The van der Waals surface area contributed by atoms with Crippen LogP contribution in [0.4, 0.5) is 4.79 Å². The van der Waals surface area contributed by atoms with Crippen molar-refractivity contribution < 1.29 is 13.9 Å². The van der Waals surface area contributed by atoms with Gasteiger partial charge in [0.2, 0.25) is 0 Å². The zero-order valence-corrected chi connectivity index (χ0v) is 17.2. The quantitative estimate of drug-likeness (QED) is 0.595. The number of furan rings is 1. The van der Waals surface area contributed by atoms with E-state index in [2.05, 4.69) is 10.0 Å². The second-order valence-electron chi connectivity index (χ2n) is 7.59. The third-order valence-electron chi connectivity index (χ3n) is 5.38. The molecule has 154 valence electrons. The Kier molecular flexibility index (Phi) is 6.52. The molecule has 1 aromatic carbocycles. The summed E-state index contributed by atoms with van der Waals surface area (Å²) in [6.45, 7) is 3.96. The highest BCUT2D eigenvalue weighted by Crippen LogP contribution is 2.23. The largest absolute Gasteiger partial charge is 0.455 e. The summed E-state index contributed by atoms with van der Waals surface area (Å²) in [4.78, 5) is 14.6. The minimum Gasteiger partial charge on any atom is -0.455 e. The second-order valence-corrected chi connectivity index (χ2v) is 8.02. The summed E-state index contributed by atoms with van der Waals surface area (Å²) < 4.78 is 11.2. The lowest BCUT2D eigenvalue weighted by molar-refractivity contribution is 0.124. The Balaban J connectivity index is 1.26. The summed E-state index contributed by atoms with van der Waals surface area (Å²) in [7, 11) is 0. The number of carbonyl (C=O) groups is 1. The molecule has 2 aliphatic rings. The lowest BCUT2D eigenvalue weighted by atomic mass is 10.1. The Morgan fingerprint density at radius 1 is 1.10 bits per heavy atom. The Morgan fingerprint density at radius 2 is 1.90 bits per heavy atom. The van der Waals surface area contributed by atoms with Crippen molar-refractivity contribution >= 4 is 23.9 Å². The van der Waals surface area contributed by atoms with Gasteiger partial charge < -0.3 is 14.1 Å². The smallest absolute Gasteiger partial charge is 0.430 e. The van der Waals surface area contributed by atoms with E-state index in [1.54, 1.807) is 6.21 Å². The molecule has 0 saturated carbocycles. The molecule has 1 unspecified atom stereocenters. The van der Waals surface area contributed by atoms with Crippen molar-refractivity contribution in [1.29, 1.82) is 0 Å². The van der Waals surface area contributed by atoms with Crippen molar-refractivity contribution in [3.05, 3.63) is 47.2 Å². The summed E-state index contributed by atoms with van der Waals surface area (Å²) >= 11 is 5.92. The van der Waals surface area contributed by atoms with Gasteiger partial charge in [-0.2, -0.15) is 10.1 Å². The van der Waals surface area contributed by atoms with Crippen LogP contribution in [-0.2, 0) is 4.74 Å². The lowest BCUT2D eigenvalue weighted by Crippen LogP contribution is -2.31. The van der Waals surface area contributed by atoms with Gasteiger partial charge in [-0.3, -0.25) is 0 Å². The average molecular weight is 416 g/mol. The fourth-order valence-electron chi connectivity index (χ4n) is 3.80. The molecule has 0 spiro atoms. The number of halogens is 1. The number of hydrogen-bond donors (Lipinski definition) is 0. The van der Waals surface area contributed by atoms with Gasteiger partial charge in [0, 0.05) is 10.6 Å². The molecule has 2 fully saturated rings. The monoisotopic (exact) mass is 415 g/mol. The summed E-state index contributed by atoms with van der Waals surface area (Å²) in [5.74, 6) is 1.30. The Morgan fingerprint density at radius 3 is 2.69 bits per heavy atom. The highest BCUT2D eigenvalue weighted by atomic mass is 35.5. The number of nitrogens with zero attached hydrogens (tertiary/aromatic N) is 3. The number of hydrogen-bond acceptors (Lipinski definition) is 5. The van der Waals surface area contributed by atoms with Crippen molar-refractivity contribution in [2.45, 2.75) is 38.2 Å². The molecule has 1 atom stereocenters. The second kappa shape index (κ2) is 9.46. The molecule has 1 amide bonds. The zero-order valence-electron chi connectivity index (χ0n) is 16.4. The average Bonchev–Trinajstić information content (AvgIpc) is 3.34. The number of amides is 1. The maximum atomic E-state index is 12.1. The number of likely N-dealkylation sites (tertiary alicyclic amines) is 1. The molecule has 0 N–H and O–H groups in total. The van der Waals surface area contributed by atoms with E-state index in [1.807, 2.05) is 36.4 Å². The molecule has 2 aliphatic heterocycles. The molecule has 6 nitrogen and oxygen atoms in total. The van der Waals surface area contributed by atoms with Crippen molar-refractivity contribution in [2.24, 2.45) is 5.10 Å². The molecule has 2 saturated heterocycles. The molecule has 0 bridgehead atoms. The molecule has 3 heterocycles. The molecule has 0 radical (unpaired) electrons. The van der Waals surface area contributed by atoms with E-state index >= 15 is 0 Å². The Bertz CT molecular complexity index is 843. The molecule has 1 aromatic heterocycles. The van der Waals surface area contributed by atoms with Gasteiger partial charge in [-0.05, 0) is 81.7 Å². The zero-order chi connectivity index (χ0) is 20.1. The van der Waals surface area contributed by atoms with E-state index in [9.17, 15) is 4.79 Å². The Hall–Kier alpha value is -2.31. The first kappa shape index (κ1) is 20.0. The number of benzene rings is 1. The molecular weight excluding hydrogens is 390 g/mol. The number of piperidine rings is 1. The SMILES string of the molecule is O=C1OC(CCCN2CCCCC2)CN1N=Cc1ccc(-c2ccc(Cl)cc2)o1. The molecule has 4 rings (SSSR count). The fourth-order valence-corrected chi connectivity index (χ4v) is 3.92. The van der Waals surface area contributed by atoms with Crippen LogP contribution in [0.5, 0.6) is 0 Å². The van der Waals surface area contributed by atoms with Crippen LogP contribution >= 0.6 is 11.6 Å². The number of ether oxygens (including phenoxy) is 1. The first-order chi connectivity index (χ1) is 14.2. The van der Waals surface area contributed by atoms with E-state index in [0.29, 0.717) is 17.3 Å². The highest BCUT2D eigenvalue weighted by Gasteiger charge is 2.30. The predicted molar refractivity (Wildman–Crippen MR) is 113 cm³/mol. The molecule has 0 aliphatic carbocycles. The standard InChI is InChI=1S/C22H26ClN3O3/c23-18-8-6-17(7-9-18)21-11-10-19(28-21)15-24-26-16-20(29-22(26)27)5-4-14-25-12-2-1-3-13-25/h6-11,15,20H,1-5,12-14,16H2. The van der Waals surface area contributed by atoms with Crippen LogP contribution in [0.2, 0.25) is 5.02 Å². The first-order valence-electron chi connectivity index (χ1n) is 10.3. The van der Waals surface area contributed by atoms with Crippen LogP contribution in [0.1, 0.15) is 37.9 Å². The third kappa shape index (κ3) is 5.40. The van der Waals surface area contributed by atoms with E-state index in [1.165, 1.54) is 37.4 Å². The topological polar surface area (TPSA) is 58.3 Å². The normalized spacial score (nSPS) is 20.5. The minimum absolute atomic E-state index is 0.0920. The van der Waals surface area contributed by atoms with E-state index in [-0.39, 0.29) is 6.10 Å². The number of hydrazone groups is 1. The summed E-state index contributed by atoms with van der Waals surface area (Å²) in [5, 5.41) is 6.30. The van der Waals surface area contributed by atoms with Gasteiger partial charge in [0.1, 0.15) is 17.6 Å². The Labute approximate surface area is 176 Å². The van der Waals surface area contributed by atoms with Gasteiger partial charge in [-0.1, -0.05) is 18.0 Å². The number of carbonyl (C=O) groups excluding carboxylic acids is 1. The van der Waals surface area contributed by atoms with Crippen LogP contribution in [0.15, 0.2) is 45.9 Å². The van der Waals surface area contributed by atoms with Crippen molar-refractivity contribution in [1.82, 2.24) is 9.91 Å². The van der Waals surface area contributed by atoms with Crippen LogP contribution < -0.4 is 0 Å². The molecule has 29 heavy (non-hydrogen) atoms. The van der Waals surface area contributed by atoms with Crippen molar-refractivity contribution in [3.8, 4) is 11.3 Å². The number of rotatable bonds is 7. The van der Waals surface area contributed by atoms with Gasteiger partial charge in [0.05, 0.1) is 12.8 Å². The predicted octanol–water partition coefficient (Wildman–Crippen LogP) is 5.02.